The number of halogens is 1. The van der Waals surface area contributed by atoms with Gasteiger partial charge in [0.05, 0.1) is 69.6 Å². The zero-order chi connectivity index (χ0) is 73.2. The van der Waals surface area contributed by atoms with Gasteiger partial charge in [-0.1, -0.05) is 24.6 Å². The molecule has 6 atom stereocenters. The standard InChI is InChI=1S/C28H32N8.C27H30N8O.C26H27ClN8/c1-4-20-5-7-22(29-13-20)15-36-25-12-26(36)17-35(16-25)27-8-6-21(14-30-27)28-31-18(2)9-23(32-28)11-24-10-19(3)33-34-24;1-17-8-21(10-22-9-18(2)32-33-22)31-27(30-17)19-4-7-26(29-12-19)34-15-23-11-24(16-34)35(23)14-20-5-6-25(36-3)13-28-20;1-16-7-21(9-22-8-17(2)32-33-22)31-26(30-16)18-3-6-25(29-11-18)34-14-23-10-24(15-34)35(23)13-20-5-4-19(27)12-28-20/h5-10,13-14,25-26H,4,11-12,15-17H2,1-3H3,(H,33,34);4-9,12-13,23-24H,10-11,14-16H2,1-3H3,(H,32,33);3-8,11-12,23-24H,9-10,13-15H2,1-2H3,(H,32,33). The van der Waals surface area contributed by atoms with E-state index in [2.05, 4.69) is 157 Å². The fourth-order valence-electron chi connectivity index (χ4n) is 15.8. The monoisotopic (exact) mass is 1450 g/mol. The third-order valence-corrected chi connectivity index (χ3v) is 21.5. The van der Waals surface area contributed by atoms with Crippen LogP contribution in [0.2, 0.25) is 5.02 Å². The van der Waals surface area contributed by atoms with E-state index in [0.717, 1.165) is 191 Å². The van der Waals surface area contributed by atoms with Gasteiger partial charge >= 0.3 is 0 Å². The lowest BCUT2D eigenvalue weighted by Crippen LogP contribution is -2.68. The largest absolute Gasteiger partial charge is 0.495 e. The highest BCUT2D eigenvalue weighted by atomic mass is 35.5. The average Bonchev–Trinajstić information content (AvgIpc) is 1.24. The highest BCUT2D eigenvalue weighted by Crippen LogP contribution is 2.39. The molecule has 546 valence electrons. The van der Waals surface area contributed by atoms with E-state index in [1.807, 2.05) is 115 Å². The van der Waals surface area contributed by atoms with Gasteiger partial charge in [-0.2, -0.15) is 15.3 Å². The maximum absolute atomic E-state index is 5.98. The highest BCUT2D eigenvalue weighted by molar-refractivity contribution is 6.30. The predicted molar refractivity (Wildman–Crippen MR) is 412 cm³/mol. The smallest absolute Gasteiger partial charge is 0.161 e. The van der Waals surface area contributed by atoms with Crippen molar-refractivity contribution in [3.8, 4) is 39.9 Å². The predicted octanol–water partition coefficient (Wildman–Crippen LogP) is 11.2. The molecule has 9 saturated heterocycles. The minimum atomic E-state index is 0.529. The number of piperidine rings is 3. The second-order valence-corrected chi connectivity index (χ2v) is 29.8. The first-order valence-corrected chi connectivity index (χ1v) is 37.5. The number of pyridine rings is 6. The summed E-state index contributed by atoms with van der Waals surface area (Å²) in [6.45, 7) is 22.8. The number of piperazine rings is 3. The lowest BCUT2D eigenvalue weighted by atomic mass is 9.87. The third kappa shape index (κ3) is 16.4. The zero-order valence-electron chi connectivity index (χ0n) is 61.8. The Morgan fingerprint density at radius 3 is 1.01 bits per heavy atom. The van der Waals surface area contributed by atoms with Crippen LogP contribution in [0.5, 0.6) is 5.75 Å². The minimum absolute atomic E-state index is 0.529. The number of aromatic nitrogens is 18. The molecule has 0 spiro atoms. The van der Waals surface area contributed by atoms with Crippen molar-refractivity contribution in [2.75, 3.05) is 61.1 Å². The van der Waals surface area contributed by atoms with Gasteiger partial charge < -0.3 is 19.4 Å². The molecule has 6 unspecified atom stereocenters. The Morgan fingerprint density at radius 1 is 0.374 bits per heavy atom. The van der Waals surface area contributed by atoms with E-state index in [-0.39, 0.29) is 0 Å². The van der Waals surface area contributed by atoms with Crippen LogP contribution in [-0.2, 0) is 45.3 Å². The van der Waals surface area contributed by atoms with Gasteiger partial charge in [0.2, 0.25) is 0 Å². The lowest BCUT2D eigenvalue weighted by molar-refractivity contribution is -0.00971. The summed E-state index contributed by atoms with van der Waals surface area (Å²) in [5.74, 6) is 5.96. The number of aryl methyl sites for hydroxylation is 7. The summed E-state index contributed by atoms with van der Waals surface area (Å²) < 4.78 is 5.22. The summed E-state index contributed by atoms with van der Waals surface area (Å²) >= 11 is 5.98. The number of nitrogens with one attached hydrogen (secondary N) is 3. The molecule has 21 heterocycles. The molecule has 12 aromatic rings. The zero-order valence-corrected chi connectivity index (χ0v) is 62.6. The molecule has 6 bridgehead atoms. The number of hydrogen-bond acceptors (Lipinski definition) is 22. The quantitative estimate of drug-likeness (QED) is 0.0640. The van der Waals surface area contributed by atoms with Crippen LogP contribution in [0.3, 0.4) is 0 Å². The van der Waals surface area contributed by atoms with Crippen LogP contribution in [-0.4, -0.2) is 188 Å². The lowest BCUT2D eigenvalue weighted by Gasteiger charge is -2.56. The maximum Gasteiger partial charge on any atom is 0.161 e. The van der Waals surface area contributed by atoms with Crippen molar-refractivity contribution in [2.24, 2.45) is 0 Å². The maximum atomic E-state index is 5.98. The fourth-order valence-corrected chi connectivity index (χ4v) is 15.9. The topological polar surface area (TPSA) is 269 Å². The van der Waals surface area contributed by atoms with Crippen molar-refractivity contribution in [2.45, 2.75) is 149 Å². The molecular formula is C81H89ClN24O. The van der Waals surface area contributed by atoms with Crippen molar-refractivity contribution in [3.63, 3.8) is 0 Å². The molecule has 12 aromatic heterocycles. The van der Waals surface area contributed by atoms with Crippen LogP contribution in [0.25, 0.3) is 34.2 Å². The molecular weight excluding hydrogens is 1360 g/mol. The normalized spacial score (nSPS) is 19.4. The summed E-state index contributed by atoms with van der Waals surface area (Å²) in [5.41, 5.74) is 19.2. The molecule has 9 aliphatic heterocycles. The van der Waals surface area contributed by atoms with E-state index in [0.29, 0.717) is 78.0 Å². The molecule has 9 fully saturated rings. The first kappa shape index (κ1) is 70.5. The van der Waals surface area contributed by atoms with Gasteiger partial charge in [0.15, 0.2) is 17.5 Å². The summed E-state index contributed by atoms with van der Waals surface area (Å²) in [4.78, 5) is 71.3. The molecule has 0 aromatic carbocycles. The van der Waals surface area contributed by atoms with E-state index in [4.69, 9.17) is 46.2 Å². The number of fused-ring (bicyclic) bond motifs is 6. The summed E-state index contributed by atoms with van der Waals surface area (Å²) in [7, 11) is 1.67. The Labute approximate surface area is 628 Å². The van der Waals surface area contributed by atoms with E-state index in [9.17, 15) is 0 Å². The van der Waals surface area contributed by atoms with Gasteiger partial charge in [-0.05, 0) is 176 Å². The summed E-state index contributed by atoms with van der Waals surface area (Å²) in [5, 5.41) is 22.7. The molecule has 0 aliphatic carbocycles. The van der Waals surface area contributed by atoms with E-state index < -0.39 is 0 Å². The number of aromatic amines is 3. The van der Waals surface area contributed by atoms with E-state index in [1.165, 1.54) is 24.8 Å². The van der Waals surface area contributed by atoms with Gasteiger partial charge in [0.25, 0.3) is 0 Å². The first-order chi connectivity index (χ1) is 52.1. The van der Waals surface area contributed by atoms with Crippen LogP contribution >= 0.6 is 11.6 Å². The molecule has 0 amide bonds. The van der Waals surface area contributed by atoms with Gasteiger partial charge in [-0.25, -0.2) is 44.9 Å². The minimum Gasteiger partial charge on any atom is -0.495 e. The van der Waals surface area contributed by atoms with Crippen LogP contribution in [0.4, 0.5) is 17.5 Å². The van der Waals surface area contributed by atoms with E-state index >= 15 is 0 Å². The van der Waals surface area contributed by atoms with Crippen molar-refractivity contribution >= 4 is 29.1 Å². The number of ether oxygens (including phenoxy) is 1. The van der Waals surface area contributed by atoms with Gasteiger partial charge in [-0.3, -0.25) is 44.9 Å². The molecule has 3 N–H and O–H groups in total. The van der Waals surface area contributed by atoms with Crippen molar-refractivity contribution in [1.29, 1.82) is 0 Å². The number of H-pyrrole nitrogens is 3. The van der Waals surface area contributed by atoms with Crippen LogP contribution in [0.1, 0.15) is 117 Å². The van der Waals surface area contributed by atoms with Crippen LogP contribution < -0.4 is 19.4 Å². The number of methoxy groups -OCH3 is 1. The Hall–Kier alpha value is -10.9. The first-order valence-electron chi connectivity index (χ1n) is 37.1. The van der Waals surface area contributed by atoms with Crippen LogP contribution in [0, 0.1) is 41.5 Å². The van der Waals surface area contributed by atoms with Crippen molar-refractivity contribution < 1.29 is 4.74 Å². The fraction of sp³-hybridized carbons (Fsp3) is 0.370. The number of nitrogens with zero attached hydrogens (tertiary/aromatic N) is 21. The average molecular weight is 1450 g/mol. The second kappa shape index (κ2) is 30.9. The third-order valence-electron chi connectivity index (χ3n) is 21.3. The summed E-state index contributed by atoms with van der Waals surface area (Å²) in [6, 6.07) is 40.3. The molecule has 25 nitrogen and oxygen atoms in total. The Kier molecular flexibility index (Phi) is 20.4. The van der Waals surface area contributed by atoms with Crippen molar-refractivity contribution in [3.05, 3.63) is 242 Å². The van der Waals surface area contributed by atoms with Crippen LogP contribution in [0.15, 0.2) is 146 Å². The molecule has 107 heavy (non-hydrogen) atoms. The van der Waals surface area contributed by atoms with Crippen molar-refractivity contribution in [1.82, 2.24) is 105 Å². The van der Waals surface area contributed by atoms with E-state index in [1.54, 1.807) is 19.5 Å². The molecule has 0 saturated carbocycles. The summed E-state index contributed by atoms with van der Waals surface area (Å²) in [6.07, 6.45) is 18.0. The number of hydrogen-bond donors (Lipinski definition) is 3. The number of anilines is 3. The second-order valence-electron chi connectivity index (χ2n) is 29.4. The Balaban J connectivity index is 0.000000123. The van der Waals surface area contributed by atoms with Gasteiger partial charge in [-0.15, -0.1) is 0 Å². The Morgan fingerprint density at radius 2 is 0.729 bits per heavy atom. The molecule has 9 aliphatic rings. The molecule has 21 rings (SSSR count). The Bertz CT molecular complexity index is 4790. The SMILES string of the molecule is CCc1ccc(CN2C3CC2CN(c2ccc(-c4nc(C)cc(Cc5cc(C)[nH]n5)n4)cn2)C3)nc1.COc1ccc(CN2C3CC2CN(c2ccc(-c4nc(C)cc(Cc5cc(C)[nH]n5)n4)cn2)C3)nc1.Cc1cc(Cc2cc(C)[nH]n2)nc(-c2ccc(N3CC4CC(C3)N4Cc3ccc(Cl)cn3)nc2)n1. The molecule has 0 radical (unpaired) electrons. The van der Waals surface area contributed by atoms with Gasteiger partial charge in [0.1, 0.15) is 23.2 Å². The molecule has 26 heteroatoms. The number of rotatable bonds is 20. The highest BCUT2D eigenvalue weighted by Gasteiger charge is 2.47. The van der Waals surface area contributed by atoms with Gasteiger partial charge in [0, 0.05) is 196 Å².